The van der Waals surface area contributed by atoms with Crippen LogP contribution >= 0.6 is 0 Å². The number of hydrogen-bond donors (Lipinski definition) is 2. The van der Waals surface area contributed by atoms with Gasteiger partial charge in [-0.1, -0.05) is 39.5 Å². The van der Waals surface area contributed by atoms with Gasteiger partial charge in [0.1, 0.15) is 11.6 Å². The van der Waals surface area contributed by atoms with Crippen molar-refractivity contribution in [3.05, 3.63) is 0 Å². The molecule has 5 heteroatoms. The fourth-order valence-electron chi connectivity index (χ4n) is 2.67. The minimum Gasteiger partial charge on any atom is -0.444 e. The summed E-state index contributed by atoms with van der Waals surface area (Å²) >= 11 is 0. The molecule has 0 aromatic rings. The molecule has 5 nitrogen and oxygen atoms in total. The molecule has 0 saturated heterocycles. The first-order valence-corrected chi connectivity index (χ1v) is 8.53. The van der Waals surface area contributed by atoms with Crippen LogP contribution in [0.5, 0.6) is 0 Å². The van der Waals surface area contributed by atoms with Crippen LogP contribution in [0.25, 0.3) is 0 Å². The number of carbonyl (C=O) groups excluding carboxylic acids is 2. The predicted octanol–water partition coefficient (Wildman–Crippen LogP) is 3.37. The highest BCUT2D eigenvalue weighted by Gasteiger charge is 2.29. The van der Waals surface area contributed by atoms with E-state index in [-0.39, 0.29) is 17.9 Å². The van der Waals surface area contributed by atoms with Crippen LogP contribution < -0.4 is 10.6 Å². The maximum atomic E-state index is 12.5. The van der Waals surface area contributed by atoms with Crippen molar-refractivity contribution in [2.45, 2.75) is 90.8 Å². The van der Waals surface area contributed by atoms with Gasteiger partial charge >= 0.3 is 6.09 Å². The largest absolute Gasteiger partial charge is 0.444 e. The molecule has 0 radical (unpaired) electrons. The number of amides is 2. The summed E-state index contributed by atoms with van der Waals surface area (Å²) in [7, 11) is 0. The van der Waals surface area contributed by atoms with Gasteiger partial charge in [-0.3, -0.25) is 4.79 Å². The maximum Gasteiger partial charge on any atom is 0.408 e. The van der Waals surface area contributed by atoms with Gasteiger partial charge in [0.05, 0.1) is 0 Å². The number of hydrogen-bond acceptors (Lipinski definition) is 3. The van der Waals surface area contributed by atoms with E-state index >= 15 is 0 Å². The molecule has 1 saturated carbocycles. The van der Waals surface area contributed by atoms with E-state index in [4.69, 9.17) is 4.74 Å². The summed E-state index contributed by atoms with van der Waals surface area (Å²) in [6.45, 7) is 9.43. The minimum atomic E-state index is -0.566. The topological polar surface area (TPSA) is 67.4 Å². The van der Waals surface area contributed by atoms with Gasteiger partial charge in [-0.2, -0.15) is 0 Å². The Hall–Kier alpha value is -1.26. The van der Waals surface area contributed by atoms with E-state index in [0.29, 0.717) is 0 Å². The first-order chi connectivity index (χ1) is 10.2. The average Bonchev–Trinajstić information content (AvgIpc) is 2.43. The van der Waals surface area contributed by atoms with Crippen LogP contribution in [-0.4, -0.2) is 29.7 Å². The van der Waals surface area contributed by atoms with Gasteiger partial charge in [0.25, 0.3) is 0 Å². The molecule has 0 aromatic heterocycles. The Kier molecular flexibility index (Phi) is 7.17. The van der Waals surface area contributed by atoms with Crippen LogP contribution in [0, 0.1) is 5.92 Å². The van der Waals surface area contributed by atoms with E-state index in [9.17, 15) is 9.59 Å². The van der Waals surface area contributed by atoms with Gasteiger partial charge in [-0.15, -0.1) is 0 Å². The third-order valence-electron chi connectivity index (χ3n) is 4.12. The lowest BCUT2D eigenvalue weighted by Crippen LogP contribution is -2.53. The summed E-state index contributed by atoms with van der Waals surface area (Å²) < 4.78 is 5.27. The third kappa shape index (κ3) is 6.67. The molecule has 1 fully saturated rings. The Morgan fingerprint density at radius 3 is 2.27 bits per heavy atom. The fourth-order valence-corrected chi connectivity index (χ4v) is 2.67. The second-order valence-electron chi connectivity index (χ2n) is 7.35. The Balaban J connectivity index is 2.62. The van der Waals surface area contributed by atoms with Crippen molar-refractivity contribution in [2.24, 2.45) is 5.92 Å². The lowest BCUT2D eigenvalue weighted by atomic mass is 9.93. The molecule has 1 rings (SSSR count). The molecule has 2 N–H and O–H groups in total. The van der Waals surface area contributed by atoms with Crippen LogP contribution in [0.3, 0.4) is 0 Å². The smallest absolute Gasteiger partial charge is 0.408 e. The second kappa shape index (κ2) is 8.39. The number of ether oxygens (including phenoxy) is 1. The minimum absolute atomic E-state index is 0.0658. The lowest BCUT2D eigenvalue weighted by molar-refractivity contribution is -0.125. The summed E-state index contributed by atoms with van der Waals surface area (Å²) in [5.74, 6) is -0.0248. The van der Waals surface area contributed by atoms with Crippen LogP contribution in [0.4, 0.5) is 4.79 Å². The fraction of sp³-hybridized carbons (Fsp3) is 0.882. The van der Waals surface area contributed by atoms with Crippen molar-refractivity contribution in [2.75, 3.05) is 0 Å². The molecule has 2 unspecified atom stereocenters. The third-order valence-corrected chi connectivity index (χ3v) is 4.12. The van der Waals surface area contributed by atoms with E-state index in [1.54, 1.807) is 0 Å². The van der Waals surface area contributed by atoms with Gasteiger partial charge < -0.3 is 15.4 Å². The monoisotopic (exact) mass is 312 g/mol. The summed E-state index contributed by atoms with van der Waals surface area (Å²) in [5, 5.41) is 5.83. The number of nitrogens with one attached hydrogen (secondary N) is 2. The quantitative estimate of drug-likeness (QED) is 0.818. The molecule has 22 heavy (non-hydrogen) atoms. The Bertz CT molecular complexity index is 371. The molecule has 0 heterocycles. The zero-order valence-electron chi connectivity index (χ0n) is 14.7. The van der Waals surface area contributed by atoms with E-state index in [1.165, 1.54) is 19.3 Å². The highest BCUT2D eigenvalue weighted by molar-refractivity contribution is 5.86. The van der Waals surface area contributed by atoms with Crippen LogP contribution in [-0.2, 0) is 9.53 Å². The molecule has 0 aromatic carbocycles. The van der Waals surface area contributed by atoms with Crippen molar-refractivity contribution >= 4 is 12.0 Å². The molecule has 1 aliphatic rings. The molecule has 128 valence electrons. The maximum absolute atomic E-state index is 12.5. The molecule has 2 atom stereocenters. The van der Waals surface area contributed by atoms with Crippen molar-refractivity contribution in [3.63, 3.8) is 0 Å². The number of rotatable bonds is 5. The first-order valence-electron chi connectivity index (χ1n) is 8.53. The summed E-state index contributed by atoms with van der Waals surface area (Å²) in [6, 6.07) is -0.296. The standard InChI is InChI=1S/C17H32N2O3/c1-6-12(2)14(19-16(21)22-17(3,4)5)15(20)18-13-10-8-7-9-11-13/h12-14H,6-11H2,1-5H3,(H,18,20)(H,19,21). The highest BCUT2D eigenvalue weighted by atomic mass is 16.6. The van der Waals surface area contributed by atoms with E-state index in [1.807, 2.05) is 34.6 Å². The molecule has 1 aliphatic carbocycles. The molecule has 0 aliphatic heterocycles. The van der Waals surface area contributed by atoms with Crippen molar-refractivity contribution < 1.29 is 14.3 Å². The average molecular weight is 312 g/mol. The van der Waals surface area contributed by atoms with Crippen molar-refractivity contribution in [1.29, 1.82) is 0 Å². The van der Waals surface area contributed by atoms with Crippen LogP contribution in [0.2, 0.25) is 0 Å². The lowest BCUT2D eigenvalue weighted by Gasteiger charge is -2.29. The Morgan fingerprint density at radius 1 is 1.18 bits per heavy atom. The van der Waals surface area contributed by atoms with Gasteiger partial charge in [0, 0.05) is 6.04 Å². The SMILES string of the molecule is CCC(C)C(NC(=O)OC(C)(C)C)C(=O)NC1CCCCC1. The summed E-state index contributed by atoms with van der Waals surface area (Å²) in [4.78, 5) is 24.5. The van der Waals surface area contributed by atoms with Crippen molar-refractivity contribution in [3.8, 4) is 0 Å². The molecule has 2 amide bonds. The highest BCUT2D eigenvalue weighted by Crippen LogP contribution is 2.18. The Labute approximate surface area is 134 Å². The molecular weight excluding hydrogens is 280 g/mol. The summed E-state index contributed by atoms with van der Waals surface area (Å²) in [6.07, 6.45) is 5.93. The van der Waals surface area contributed by atoms with E-state index in [0.717, 1.165) is 19.3 Å². The van der Waals surface area contributed by atoms with Gasteiger partial charge in [0.2, 0.25) is 5.91 Å². The Morgan fingerprint density at radius 2 is 1.77 bits per heavy atom. The molecule has 0 bridgehead atoms. The van der Waals surface area contributed by atoms with E-state index < -0.39 is 17.7 Å². The number of carbonyl (C=O) groups is 2. The van der Waals surface area contributed by atoms with Crippen LogP contribution in [0.15, 0.2) is 0 Å². The number of alkyl carbamates (subject to hydrolysis) is 1. The van der Waals surface area contributed by atoms with Crippen LogP contribution in [0.1, 0.15) is 73.1 Å². The first kappa shape index (κ1) is 18.8. The normalized spacial score (nSPS) is 19.1. The van der Waals surface area contributed by atoms with Gasteiger partial charge in [-0.25, -0.2) is 4.79 Å². The van der Waals surface area contributed by atoms with Crippen molar-refractivity contribution in [1.82, 2.24) is 10.6 Å². The summed E-state index contributed by atoms with van der Waals surface area (Å²) in [5.41, 5.74) is -0.566. The predicted molar refractivity (Wildman–Crippen MR) is 87.6 cm³/mol. The van der Waals surface area contributed by atoms with E-state index in [2.05, 4.69) is 10.6 Å². The molecule has 0 spiro atoms. The molecular formula is C17H32N2O3. The van der Waals surface area contributed by atoms with Gasteiger partial charge in [-0.05, 0) is 39.5 Å². The van der Waals surface area contributed by atoms with Gasteiger partial charge in [0.15, 0.2) is 0 Å². The second-order valence-corrected chi connectivity index (χ2v) is 7.35. The zero-order chi connectivity index (χ0) is 16.8. The zero-order valence-corrected chi connectivity index (χ0v) is 14.7.